The van der Waals surface area contributed by atoms with Crippen molar-refractivity contribution in [3.63, 3.8) is 0 Å². The van der Waals surface area contributed by atoms with Crippen LogP contribution < -0.4 is 15.4 Å². The van der Waals surface area contributed by atoms with E-state index >= 15 is 0 Å². The highest BCUT2D eigenvalue weighted by molar-refractivity contribution is 6.31. The Kier molecular flexibility index (Phi) is 7.02. The zero-order valence-corrected chi connectivity index (χ0v) is 20.4. The number of methoxy groups -OCH3 is 1. The zero-order chi connectivity index (χ0) is 24.4. The minimum absolute atomic E-state index is 0.0340. The number of anilines is 2. The molecule has 184 valence electrons. The fourth-order valence-corrected chi connectivity index (χ4v) is 5.33. The van der Waals surface area contributed by atoms with E-state index in [9.17, 15) is 9.18 Å². The fraction of sp³-hybridized carbons (Fsp3) is 0.423. The van der Waals surface area contributed by atoms with E-state index in [1.54, 1.807) is 13.2 Å². The lowest BCUT2D eigenvalue weighted by atomic mass is 10.1. The number of nitrogens with one attached hydrogen (secondary N) is 2. The van der Waals surface area contributed by atoms with Gasteiger partial charge in [0.2, 0.25) is 5.91 Å². The number of ether oxygens (including phenoxy) is 1. The molecule has 0 radical (unpaired) electrons. The third-order valence-corrected chi connectivity index (χ3v) is 7.25. The van der Waals surface area contributed by atoms with Crippen molar-refractivity contribution < 1.29 is 13.9 Å². The largest absolute Gasteiger partial charge is 0.496 e. The van der Waals surface area contributed by atoms with Crippen molar-refractivity contribution in [2.24, 2.45) is 0 Å². The van der Waals surface area contributed by atoms with Crippen LogP contribution in [0.25, 0.3) is 10.9 Å². The summed E-state index contributed by atoms with van der Waals surface area (Å²) in [5.41, 5.74) is 2.29. The van der Waals surface area contributed by atoms with E-state index in [1.165, 1.54) is 31.3 Å². The highest BCUT2D eigenvalue weighted by atomic mass is 35.5. The molecule has 1 saturated heterocycles. The maximum Gasteiger partial charge on any atom is 0.237 e. The van der Waals surface area contributed by atoms with Gasteiger partial charge >= 0.3 is 0 Å². The van der Waals surface area contributed by atoms with Gasteiger partial charge in [0.05, 0.1) is 23.7 Å². The summed E-state index contributed by atoms with van der Waals surface area (Å²) in [5.74, 6) is 0.953. The van der Waals surface area contributed by atoms with E-state index in [0.717, 1.165) is 43.2 Å². The first-order valence-corrected chi connectivity index (χ1v) is 12.5. The molecule has 0 bridgehead atoms. The Morgan fingerprint density at radius 2 is 2.00 bits per heavy atom. The van der Waals surface area contributed by atoms with Gasteiger partial charge in [-0.05, 0) is 56.5 Å². The second-order valence-electron chi connectivity index (χ2n) is 9.28. The summed E-state index contributed by atoms with van der Waals surface area (Å²) in [6.45, 7) is 1.44. The molecule has 2 fully saturated rings. The normalized spacial score (nSPS) is 18.8. The molecule has 2 N–H and O–H groups in total. The number of hydrogen-bond acceptors (Lipinski definition) is 6. The minimum Gasteiger partial charge on any atom is -0.496 e. The van der Waals surface area contributed by atoms with Crippen molar-refractivity contribution in [3.05, 3.63) is 53.1 Å². The van der Waals surface area contributed by atoms with Crippen LogP contribution in [0.2, 0.25) is 5.02 Å². The van der Waals surface area contributed by atoms with Gasteiger partial charge in [0.25, 0.3) is 0 Å². The second kappa shape index (κ2) is 10.3. The minimum atomic E-state index is -0.478. The highest BCUT2D eigenvalue weighted by Gasteiger charge is 2.32. The van der Waals surface area contributed by atoms with Crippen LogP contribution in [0.5, 0.6) is 5.75 Å². The maximum absolute atomic E-state index is 13.6. The van der Waals surface area contributed by atoms with Gasteiger partial charge in [-0.2, -0.15) is 0 Å². The maximum atomic E-state index is 13.6. The van der Waals surface area contributed by atoms with Crippen molar-refractivity contribution in [3.8, 4) is 5.75 Å². The Bertz CT molecular complexity index is 1230. The number of fused-ring (bicyclic) bond motifs is 1. The van der Waals surface area contributed by atoms with E-state index in [0.29, 0.717) is 35.4 Å². The van der Waals surface area contributed by atoms with Crippen molar-refractivity contribution in [2.75, 3.05) is 19.0 Å². The molecule has 1 atom stereocenters. The molecule has 2 heterocycles. The molecule has 1 aliphatic heterocycles. The predicted octanol–water partition coefficient (Wildman–Crippen LogP) is 5.20. The molecule has 9 heteroatoms. The van der Waals surface area contributed by atoms with Crippen LogP contribution in [-0.2, 0) is 11.3 Å². The van der Waals surface area contributed by atoms with Crippen molar-refractivity contribution >= 4 is 39.9 Å². The molecule has 2 aliphatic rings. The highest BCUT2D eigenvalue weighted by Crippen LogP contribution is 2.33. The first kappa shape index (κ1) is 23.8. The number of halogens is 2. The van der Waals surface area contributed by atoms with Crippen molar-refractivity contribution in [1.82, 2.24) is 20.2 Å². The molecule has 0 unspecified atom stereocenters. The van der Waals surface area contributed by atoms with E-state index in [1.807, 2.05) is 12.1 Å². The van der Waals surface area contributed by atoms with Gasteiger partial charge < -0.3 is 15.4 Å². The van der Waals surface area contributed by atoms with E-state index in [2.05, 4.69) is 25.5 Å². The number of aromatic nitrogens is 2. The van der Waals surface area contributed by atoms with Crippen LogP contribution >= 0.6 is 11.6 Å². The SMILES string of the molecule is COc1cc2ncnc(Nc3ccc(F)c(Cl)c3)c2cc1CN1CCC[C@@H]1C(=O)NC1CCCC1. The number of likely N-dealkylation sites (tertiary alicyclic amines) is 1. The van der Waals surface area contributed by atoms with Gasteiger partial charge in [0, 0.05) is 35.3 Å². The fourth-order valence-electron chi connectivity index (χ4n) is 5.15. The van der Waals surface area contributed by atoms with E-state index in [4.69, 9.17) is 16.3 Å². The monoisotopic (exact) mass is 497 g/mol. The van der Waals surface area contributed by atoms with Gasteiger partial charge in [-0.25, -0.2) is 14.4 Å². The molecular formula is C26H29ClFN5O2. The lowest BCUT2D eigenvalue weighted by Gasteiger charge is -2.26. The number of nitrogens with zero attached hydrogens (tertiary/aromatic N) is 3. The van der Waals surface area contributed by atoms with Crippen molar-refractivity contribution in [2.45, 2.75) is 57.2 Å². The smallest absolute Gasteiger partial charge is 0.237 e. The summed E-state index contributed by atoms with van der Waals surface area (Å²) in [4.78, 5) is 24.1. The van der Waals surface area contributed by atoms with Gasteiger partial charge in [-0.3, -0.25) is 9.69 Å². The summed E-state index contributed by atoms with van der Waals surface area (Å²) < 4.78 is 19.3. The van der Waals surface area contributed by atoms with Gasteiger partial charge in [-0.15, -0.1) is 0 Å². The van der Waals surface area contributed by atoms with E-state index < -0.39 is 5.82 Å². The molecule has 2 aromatic carbocycles. The lowest BCUT2D eigenvalue weighted by Crippen LogP contribution is -2.46. The lowest BCUT2D eigenvalue weighted by molar-refractivity contribution is -0.126. The molecule has 35 heavy (non-hydrogen) atoms. The number of amides is 1. The van der Waals surface area contributed by atoms with Crippen LogP contribution in [0.15, 0.2) is 36.7 Å². The molecule has 0 spiro atoms. The predicted molar refractivity (Wildman–Crippen MR) is 135 cm³/mol. The quantitative estimate of drug-likeness (QED) is 0.467. The first-order chi connectivity index (χ1) is 17.0. The number of hydrogen-bond donors (Lipinski definition) is 2. The molecule has 1 aliphatic carbocycles. The first-order valence-electron chi connectivity index (χ1n) is 12.1. The summed E-state index contributed by atoms with van der Waals surface area (Å²) >= 11 is 5.95. The molecule has 3 aromatic rings. The van der Waals surface area contributed by atoms with Crippen LogP contribution in [0.3, 0.4) is 0 Å². The molecule has 1 saturated carbocycles. The molecule has 1 aromatic heterocycles. The van der Waals surface area contributed by atoms with Gasteiger partial charge in [0.15, 0.2) is 0 Å². The third kappa shape index (κ3) is 5.18. The second-order valence-corrected chi connectivity index (χ2v) is 9.68. The van der Waals surface area contributed by atoms with Gasteiger partial charge in [0.1, 0.15) is 23.7 Å². The zero-order valence-electron chi connectivity index (χ0n) is 19.7. The Morgan fingerprint density at radius 3 is 2.77 bits per heavy atom. The van der Waals surface area contributed by atoms with E-state index in [-0.39, 0.29) is 17.0 Å². The number of benzene rings is 2. The number of rotatable bonds is 7. The Morgan fingerprint density at radius 1 is 1.17 bits per heavy atom. The topological polar surface area (TPSA) is 79.4 Å². The molecular weight excluding hydrogens is 469 g/mol. The summed E-state index contributed by atoms with van der Waals surface area (Å²) in [6.07, 6.45) is 7.85. The molecule has 7 nitrogen and oxygen atoms in total. The Hall–Kier alpha value is -2.97. The Balaban J connectivity index is 1.41. The van der Waals surface area contributed by atoms with Crippen LogP contribution in [-0.4, -0.2) is 46.5 Å². The summed E-state index contributed by atoms with van der Waals surface area (Å²) in [5, 5.41) is 7.32. The Labute approximate surface area is 209 Å². The van der Waals surface area contributed by atoms with Crippen LogP contribution in [0.1, 0.15) is 44.1 Å². The van der Waals surface area contributed by atoms with Crippen LogP contribution in [0.4, 0.5) is 15.9 Å². The van der Waals surface area contributed by atoms with Gasteiger partial charge in [-0.1, -0.05) is 24.4 Å². The molecule has 5 rings (SSSR count). The number of carbonyl (C=O) groups excluding carboxylic acids is 1. The average Bonchev–Trinajstić information content (AvgIpc) is 3.53. The van der Waals surface area contributed by atoms with Crippen LogP contribution in [0, 0.1) is 5.82 Å². The summed E-state index contributed by atoms with van der Waals surface area (Å²) in [6, 6.07) is 8.51. The standard InChI is InChI=1S/C26H29ClFN5O2/c1-35-24-13-22-19(25(30-15-29-22)31-18-8-9-21(28)20(27)12-18)11-16(24)14-33-10-4-7-23(33)26(34)32-17-5-2-3-6-17/h8-9,11-13,15,17,23H,2-7,10,14H2,1H3,(H,32,34)(H,29,30,31)/t23-/m1/s1. The average molecular weight is 498 g/mol. The number of carbonyl (C=O) groups is 1. The van der Waals surface area contributed by atoms with Crippen molar-refractivity contribution in [1.29, 1.82) is 0 Å². The molecule has 1 amide bonds. The summed E-state index contributed by atoms with van der Waals surface area (Å²) in [7, 11) is 1.64. The third-order valence-electron chi connectivity index (χ3n) is 6.96.